The second-order valence-corrected chi connectivity index (χ2v) is 5.13. The molecule has 1 aromatic rings. The van der Waals surface area contributed by atoms with Gasteiger partial charge in [0.2, 0.25) is 0 Å². The van der Waals surface area contributed by atoms with Crippen LogP contribution in [0.2, 0.25) is 0 Å². The van der Waals surface area contributed by atoms with Crippen molar-refractivity contribution in [3.05, 3.63) is 22.3 Å². The number of anilines is 1. The number of halogens is 1. The zero-order chi connectivity index (χ0) is 12.3. The van der Waals surface area contributed by atoms with Crippen LogP contribution < -0.4 is 5.32 Å². The van der Waals surface area contributed by atoms with Gasteiger partial charge >= 0.3 is 0 Å². The van der Waals surface area contributed by atoms with Crippen molar-refractivity contribution in [3.63, 3.8) is 0 Å². The molecule has 0 amide bonds. The Kier molecular flexibility index (Phi) is 4.01. The first-order valence-corrected chi connectivity index (χ1v) is 6.53. The van der Waals surface area contributed by atoms with Crippen LogP contribution in [0, 0.1) is 6.92 Å². The van der Waals surface area contributed by atoms with E-state index in [0.717, 1.165) is 29.0 Å². The van der Waals surface area contributed by atoms with Crippen molar-refractivity contribution in [2.75, 3.05) is 25.1 Å². The van der Waals surface area contributed by atoms with Gasteiger partial charge in [0.1, 0.15) is 5.82 Å². The maximum absolute atomic E-state index is 5.53. The number of ether oxygens (including phenoxy) is 2. The average molecular weight is 301 g/mol. The van der Waals surface area contributed by atoms with Crippen LogP contribution in [0.15, 0.2) is 16.6 Å². The lowest BCUT2D eigenvalue weighted by Crippen LogP contribution is -2.28. The van der Waals surface area contributed by atoms with Crippen molar-refractivity contribution in [1.29, 1.82) is 0 Å². The van der Waals surface area contributed by atoms with Gasteiger partial charge in [-0.25, -0.2) is 4.98 Å². The topological polar surface area (TPSA) is 43.4 Å². The Hall–Kier alpha value is -0.650. The van der Waals surface area contributed by atoms with Crippen LogP contribution in [0.3, 0.4) is 0 Å². The number of nitrogens with one attached hydrogen (secondary N) is 1. The fraction of sp³-hybridized carbons (Fsp3) is 0.583. The van der Waals surface area contributed by atoms with E-state index in [-0.39, 0.29) is 0 Å². The third kappa shape index (κ3) is 3.40. The van der Waals surface area contributed by atoms with Crippen molar-refractivity contribution >= 4 is 21.7 Å². The Morgan fingerprint density at radius 3 is 2.76 bits per heavy atom. The van der Waals surface area contributed by atoms with Crippen LogP contribution in [0.5, 0.6) is 0 Å². The summed E-state index contributed by atoms with van der Waals surface area (Å²) in [5, 5.41) is 3.27. The third-order valence-corrected chi connectivity index (χ3v) is 3.64. The molecule has 17 heavy (non-hydrogen) atoms. The smallest absolute Gasteiger partial charge is 0.167 e. The second-order valence-electron chi connectivity index (χ2n) is 4.27. The summed E-state index contributed by atoms with van der Waals surface area (Å²) in [6.07, 6.45) is 0.809. The van der Waals surface area contributed by atoms with E-state index in [1.807, 2.05) is 26.0 Å². The SMILES string of the molecule is Cc1nc(NCCC2(C)OCCO2)ccc1Br. The van der Waals surface area contributed by atoms with E-state index < -0.39 is 5.79 Å². The molecule has 5 heteroatoms. The van der Waals surface area contributed by atoms with Crippen molar-refractivity contribution < 1.29 is 9.47 Å². The maximum atomic E-state index is 5.53. The summed E-state index contributed by atoms with van der Waals surface area (Å²) in [7, 11) is 0. The molecule has 1 aromatic heterocycles. The standard InChI is InChI=1S/C12H17BrN2O2/c1-9-10(13)3-4-11(15-9)14-6-5-12(2)16-7-8-17-12/h3-4H,5-8H2,1-2H3,(H,14,15). The number of aromatic nitrogens is 1. The fourth-order valence-electron chi connectivity index (χ4n) is 1.76. The van der Waals surface area contributed by atoms with Crippen molar-refractivity contribution in [1.82, 2.24) is 4.98 Å². The molecule has 0 unspecified atom stereocenters. The third-order valence-electron chi connectivity index (χ3n) is 2.80. The molecule has 0 aliphatic carbocycles. The molecule has 94 valence electrons. The highest BCUT2D eigenvalue weighted by atomic mass is 79.9. The maximum Gasteiger partial charge on any atom is 0.167 e. The van der Waals surface area contributed by atoms with E-state index in [1.165, 1.54) is 0 Å². The Morgan fingerprint density at radius 2 is 2.12 bits per heavy atom. The molecule has 0 aromatic carbocycles. The molecule has 0 radical (unpaired) electrons. The molecule has 2 rings (SSSR count). The minimum atomic E-state index is -0.433. The number of hydrogen-bond acceptors (Lipinski definition) is 4. The van der Waals surface area contributed by atoms with Crippen molar-refractivity contribution in [2.45, 2.75) is 26.1 Å². The highest BCUT2D eigenvalue weighted by Gasteiger charge is 2.30. The second kappa shape index (κ2) is 5.33. The molecule has 0 saturated carbocycles. The lowest BCUT2D eigenvalue weighted by molar-refractivity contribution is -0.144. The highest BCUT2D eigenvalue weighted by molar-refractivity contribution is 9.10. The minimum absolute atomic E-state index is 0.433. The van der Waals surface area contributed by atoms with Crippen molar-refractivity contribution in [3.8, 4) is 0 Å². The van der Waals surface area contributed by atoms with Gasteiger partial charge in [-0.3, -0.25) is 0 Å². The van der Waals surface area contributed by atoms with E-state index in [0.29, 0.717) is 13.2 Å². The van der Waals surface area contributed by atoms with Gasteiger partial charge in [0.15, 0.2) is 5.79 Å². The van der Waals surface area contributed by atoms with Crippen molar-refractivity contribution in [2.24, 2.45) is 0 Å². The number of aryl methyl sites for hydroxylation is 1. The van der Waals surface area contributed by atoms with Crippen LogP contribution in [-0.4, -0.2) is 30.5 Å². The van der Waals surface area contributed by atoms with E-state index in [1.54, 1.807) is 0 Å². The molecule has 1 aliphatic heterocycles. The Bertz CT molecular complexity index is 392. The minimum Gasteiger partial charge on any atom is -0.370 e. The fourth-order valence-corrected chi connectivity index (χ4v) is 1.98. The van der Waals surface area contributed by atoms with Crippen LogP contribution in [-0.2, 0) is 9.47 Å². The number of pyridine rings is 1. The highest BCUT2D eigenvalue weighted by Crippen LogP contribution is 2.22. The number of nitrogens with zero attached hydrogens (tertiary/aromatic N) is 1. The monoisotopic (exact) mass is 300 g/mol. The largest absolute Gasteiger partial charge is 0.370 e. The van der Waals surface area contributed by atoms with Crippen LogP contribution in [0.25, 0.3) is 0 Å². The Morgan fingerprint density at radius 1 is 1.41 bits per heavy atom. The van der Waals surface area contributed by atoms with Gasteiger partial charge in [0, 0.05) is 17.4 Å². The Labute approximate surface area is 110 Å². The molecule has 1 aliphatic rings. The molecule has 0 bridgehead atoms. The first kappa shape index (κ1) is 12.8. The van der Waals surface area contributed by atoms with E-state index in [4.69, 9.17) is 9.47 Å². The summed E-state index contributed by atoms with van der Waals surface area (Å²) >= 11 is 3.43. The summed E-state index contributed by atoms with van der Waals surface area (Å²) in [6, 6.07) is 3.95. The van der Waals surface area contributed by atoms with Crippen LogP contribution in [0.1, 0.15) is 19.0 Å². The summed E-state index contributed by atoms with van der Waals surface area (Å²) in [4.78, 5) is 4.42. The van der Waals surface area contributed by atoms with E-state index in [9.17, 15) is 0 Å². The summed E-state index contributed by atoms with van der Waals surface area (Å²) in [5.41, 5.74) is 0.981. The van der Waals surface area contributed by atoms with Crippen LogP contribution in [0.4, 0.5) is 5.82 Å². The normalized spacial score (nSPS) is 18.3. The molecule has 0 atom stereocenters. The Balaban J connectivity index is 1.83. The molecular formula is C12H17BrN2O2. The zero-order valence-electron chi connectivity index (χ0n) is 10.1. The molecule has 1 N–H and O–H groups in total. The summed E-state index contributed by atoms with van der Waals surface area (Å²) < 4.78 is 12.1. The van der Waals surface area contributed by atoms with E-state index in [2.05, 4.69) is 26.2 Å². The molecule has 1 fully saturated rings. The first-order chi connectivity index (χ1) is 8.09. The van der Waals surface area contributed by atoms with Gasteiger partial charge in [0.25, 0.3) is 0 Å². The van der Waals surface area contributed by atoms with Gasteiger partial charge in [-0.05, 0) is 41.9 Å². The molecule has 0 spiro atoms. The van der Waals surface area contributed by atoms with Gasteiger partial charge in [0.05, 0.1) is 18.9 Å². The summed E-state index contributed by atoms with van der Waals surface area (Å²) in [6.45, 7) is 6.10. The molecule has 1 saturated heterocycles. The quantitative estimate of drug-likeness (QED) is 0.928. The lowest BCUT2D eigenvalue weighted by atomic mass is 10.2. The number of rotatable bonds is 4. The molecule has 2 heterocycles. The average Bonchev–Trinajstić information content (AvgIpc) is 2.71. The predicted octanol–water partition coefficient (Wildman–Crippen LogP) is 2.72. The van der Waals surface area contributed by atoms with Gasteiger partial charge in [-0.1, -0.05) is 0 Å². The van der Waals surface area contributed by atoms with Gasteiger partial charge in [-0.15, -0.1) is 0 Å². The summed E-state index contributed by atoms with van der Waals surface area (Å²) in [5.74, 6) is 0.449. The zero-order valence-corrected chi connectivity index (χ0v) is 11.7. The predicted molar refractivity (Wildman–Crippen MR) is 70.1 cm³/mol. The first-order valence-electron chi connectivity index (χ1n) is 5.74. The van der Waals surface area contributed by atoms with Gasteiger partial charge in [-0.2, -0.15) is 0 Å². The van der Waals surface area contributed by atoms with Crippen LogP contribution >= 0.6 is 15.9 Å². The number of hydrogen-bond donors (Lipinski definition) is 1. The molecule has 4 nitrogen and oxygen atoms in total. The molecular weight excluding hydrogens is 284 g/mol. The van der Waals surface area contributed by atoms with E-state index >= 15 is 0 Å². The lowest BCUT2D eigenvalue weighted by Gasteiger charge is -2.22. The van der Waals surface area contributed by atoms with Gasteiger partial charge < -0.3 is 14.8 Å².